The van der Waals surface area contributed by atoms with Crippen LogP contribution in [0.4, 0.5) is 0 Å². The molecule has 0 radical (unpaired) electrons. The summed E-state index contributed by atoms with van der Waals surface area (Å²) in [5.74, 6) is 0.993. The Balaban J connectivity index is 1.82. The molecule has 0 amide bonds. The van der Waals surface area contributed by atoms with Crippen LogP contribution in [-0.4, -0.2) is 27.3 Å². The maximum atomic E-state index is 11.9. The van der Waals surface area contributed by atoms with Crippen molar-refractivity contribution in [3.8, 4) is 0 Å². The smallest absolute Gasteiger partial charge is 0.178 e. The Hall–Kier alpha value is -0.870. The lowest BCUT2D eigenvalue weighted by Crippen LogP contribution is -2.28. The third-order valence-electron chi connectivity index (χ3n) is 4.09. The van der Waals surface area contributed by atoms with Crippen molar-refractivity contribution in [2.75, 3.05) is 18.8 Å². The van der Waals surface area contributed by atoms with Gasteiger partial charge in [-0.1, -0.05) is 12.1 Å². The molecule has 1 fully saturated rings. The van der Waals surface area contributed by atoms with Gasteiger partial charge in [0.15, 0.2) is 9.84 Å². The molecule has 1 aromatic rings. The first-order chi connectivity index (χ1) is 8.65. The Labute approximate surface area is 109 Å². The molecule has 98 valence electrons. The summed E-state index contributed by atoms with van der Waals surface area (Å²) < 4.78 is 23.8. The normalized spacial score (nSPS) is 22.9. The first kappa shape index (κ1) is 12.2. The van der Waals surface area contributed by atoms with Crippen molar-refractivity contribution >= 4 is 9.84 Å². The molecule has 0 atom stereocenters. The Morgan fingerprint density at radius 1 is 1.22 bits per heavy atom. The maximum Gasteiger partial charge on any atom is 0.178 e. The van der Waals surface area contributed by atoms with Crippen molar-refractivity contribution in [2.45, 2.75) is 30.6 Å². The second kappa shape index (κ2) is 4.67. The van der Waals surface area contributed by atoms with E-state index < -0.39 is 9.84 Å². The third-order valence-corrected chi connectivity index (χ3v) is 5.88. The van der Waals surface area contributed by atoms with Gasteiger partial charge in [-0.2, -0.15) is 0 Å². The van der Waals surface area contributed by atoms with Crippen LogP contribution in [0.2, 0.25) is 0 Å². The average Bonchev–Trinajstić information content (AvgIpc) is 2.67. The van der Waals surface area contributed by atoms with Crippen LogP contribution >= 0.6 is 0 Å². The van der Waals surface area contributed by atoms with Crippen LogP contribution in [0, 0.1) is 5.92 Å². The molecule has 0 spiro atoms. The minimum atomic E-state index is -2.98. The molecule has 0 unspecified atom stereocenters. The zero-order chi connectivity index (χ0) is 12.6. The Kier molecular flexibility index (Phi) is 3.16. The van der Waals surface area contributed by atoms with Crippen molar-refractivity contribution < 1.29 is 8.42 Å². The molecular formula is C14H19NO2S. The molecule has 0 saturated carbocycles. The second-order valence-electron chi connectivity index (χ2n) is 5.41. The predicted octanol–water partition coefficient (Wildman–Crippen LogP) is 1.56. The van der Waals surface area contributed by atoms with E-state index in [-0.39, 0.29) is 0 Å². The summed E-state index contributed by atoms with van der Waals surface area (Å²) in [7, 11) is -2.98. The largest absolute Gasteiger partial charge is 0.317 e. The Morgan fingerprint density at radius 3 is 2.78 bits per heavy atom. The number of piperidine rings is 1. The fourth-order valence-electron chi connectivity index (χ4n) is 3.00. The third kappa shape index (κ3) is 2.31. The van der Waals surface area contributed by atoms with Gasteiger partial charge in [0.2, 0.25) is 0 Å². The molecule has 18 heavy (non-hydrogen) atoms. The van der Waals surface area contributed by atoms with Gasteiger partial charge in [-0.05, 0) is 61.9 Å². The zero-order valence-corrected chi connectivity index (χ0v) is 11.3. The topological polar surface area (TPSA) is 46.2 Å². The van der Waals surface area contributed by atoms with E-state index in [1.165, 1.54) is 18.4 Å². The van der Waals surface area contributed by atoms with Gasteiger partial charge in [0.1, 0.15) is 0 Å². The van der Waals surface area contributed by atoms with Gasteiger partial charge < -0.3 is 5.32 Å². The van der Waals surface area contributed by atoms with Crippen molar-refractivity contribution in [2.24, 2.45) is 5.92 Å². The van der Waals surface area contributed by atoms with Crippen molar-refractivity contribution in [1.82, 2.24) is 5.32 Å². The minimum Gasteiger partial charge on any atom is -0.317 e. The Bertz CT molecular complexity index is 545. The number of hydrogen-bond donors (Lipinski definition) is 1. The van der Waals surface area contributed by atoms with Gasteiger partial charge in [-0.25, -0.2) is 8.42 Å². The molecule has 1 N–H and O–H groups in total. The molecule has 3 nitrogen and oxygen atoms in total. The fourth-order valence-corrected chi connectivity index (χ4v) is 4.60. The first-order valence-corrected chi connectivity index (χ1v) is 8.36. The molecule has 3 rings (SSSR count). The number of aryl methyl sites for hydroxylation is 1. The molecule has 2 aliphatic rings. The summed E-state index contributed by atoms with van der Waals surface area (Å²) in [6.45, 7) is 2.18. The number of nitrogens with one attached hydrogen (secondary N) is 1. The zero-order valence-electron chi connectivity index (χ0n) is 10.5. The highest BCUT2D eigenvalue weighted by Crippen LogP contribution is 2.28. The number of rotatable bonds is 2. The molecule has 1 saturated heterocycles. The van der Waals surface area contributed by atoms with Crippen LogP contribution in [-0.2, 0) is 22.7 Å². The lowest BCUT2D eigenvalue weighted by Gasteiger charge is -2.22. The van der Waals surface area contributed by atoms with Gasteiger partial charge in [-0.3, -0.25) is 0 Å². The predicted molar refractivity (Wildman–Crippen MR) is 71.5 cm³/mol. The molecule has 0 aliphatic carbocycles. The van der Waals surface area contributed by atoms with Gasteiger partial charge in [0, 0.05) is 0 Å². The number of fused-ring (bicyclic) bond motifs is 1. The van der Waals surface area contributed by atoms with Crippen molar-refractivity contribution in [3.05, 3.63) is 29.3 Å². The number of benzene rings is 1. The van der Waals surface area contributed by atoms with Gasteiger partial charge in [-0.15, -0.1) is 0 Å². The number of hydrogen-bond acceptors (Lipinski definition) is 3. The van der Waals surface area contributed by atoms with E-state index >= 15 is 0 Å². The maximum absolute atomic E-state index is 11.9. The molecule has 2 aliphatic heterocycles. The van der Waals surface area contributed by atoms with E-state index in [0.717, 1.165) is 25.1 Å². The summed E-state index contributed by atoms with van der Waals surface area (Å²) in [5, 5.41) is 3.36. The van der Waals surface area contributed by atoms with E-state index in [9.17, 15) is 8.42 Å². The van der Waals surface area contributed by atoms with Crippen LogP contribution in [0.25, 0.3) is 0 Å². The molecule has 1 aromatic carbocycles. The summed E-state index contributed by atoms with van der Waals surface area (Å²) in [6.07, 6.45) is 4.10. The number of sulfone groups is 1. The van der Waals surface area contributed by atoms with Crippen molar-refractivity contribution in [1.29, 1.82) is 0 Å². The van der Waals surface area contributed by atoms with E-state index in [1.54, 1.807) is 0 Å². The highest BCUT2D eigenvalue weighted by molar-refractivity contribution is 7.91. The summed E-state index contributed by atoms with van der Waals surface area (Å²) in [5.41, 5.74) is 2.19. The quantitative estimate of drug-likeness (QED) is 0.882. The molecule has 2 heterocycles. The highest BCUT2D eigenvalue weighted by atomic mass is 32.2. The minimum absolute atomic E-state index is 0.291. The van der Waals surface area contributed by atoms with Crippen molar-refractivity contribution in [3.63, 3.8) is 0 Å². The lowest BCUT2D eigenvalue weighted by molar-refractivity contribution is 0.372. The van der Waals surface area contributed by atoms with Crippen LogP contribution in [0.5, 0.6) is 0 Å². The summed E-state index contributed by atoms with van der Waals surface area (Å²) >= 11 is 0. The Morgan fingerprint density at radius 2 is 2.00 bits per heavy atom. The van der Waals surface area contributed by atoms with E-state index in [1.807, 2.05) is 12.1 Å². The summed E-state index contributed by atoms with van der Waals surface area (Å²) in [6, 6.07) is 6.04. The van der Waals surface area contributed by atoms with Gasteiger partial charge in [0.05, 0.1) is 10.6 Å². The molecular weight excluding hydrogens is 246 g/mol. The first-order valence-electron chi connectivity index (χ1n) is 6.70. The average molecular weight is 265 g/mol. The van der Waals surface area contributed by atoms with Gasteiger partial charge in [0.25, 0.3) is 0 Å². The lowest BCUT2D eigenvalue weighted by atomic mass is 9.90. The van der Waals surface area contributed by atoms with Crippen LogP contribution in [0.1, 0.15) is 24.0 Å². The van der Waals surface area contributed by atoms with Gasteiger partial charge >= 0.3 is 0 Å². The monoisotopic (exact) mass is 265 g/mol. The van der Waals surface area contributed by atoms with E-state index in [4.69, 9.17) is 0 Å². The molecule has 0 bridgehead atoms. The van der Waals surface area contributed by atoms with Crippen LogP contribution in [0.3, 0.4) is 0 Å². The van der Waals surface area contributed by atoms with Crippen LogP contribution in [0.15, 0.2) is 23.1 Å². The molecule has 4 heteroatoms. The highest BCUT2D eigenvalue weighted by Gasteiger charge is 2.26. The SMILES string of the molecule is O=S1(=O)CCc2ccc(CC3CCNCC3)cc21. The van der Waals surface area contributed by atoms with E-state index in [2.05, 4.69) is 11.4 Å². The standard InChI is InChI=1S/C14H19NO2S/c16-18(17)8-5-13-2-1-12(10-14(13)18)9-11-3-6-15-7-4-11/h1-2,10-11,15H,3-9H2. The second-order valence-corrected chi connectivity index (χ2v) is 7.49. The molecule has 0 aromatic heterocycles. The van der Waals surface area contributed by atoms with Crippen LogP contribution < -0.4 is 5.32 Å². The fraction of sp³-hybridized carbons (Fsp3) is 0.571. The summed E-state index contributed by atoms with van der Waals surface area (Å²) in [4.78, 5) is 0.592. The van der Waals surface area contributed by atoms with E-state index in [0.29, 0.717) is 23.0 Å².